The van der Waals surface area contributed by atoms with Crippen molar-refractivity contribution in [3.63, 3.8) is 0 Å². The molecule has 0 atom stereocenters. The van der Waals surface area contributed by atoms with Gasteiger partial charge in [0.05, 0.1) is 0 Å². The van der Waals surface area contributed by atoms with Gasteiger partial charge in [0.25, 0.3) is 0 Å². The van der Waals surface area contributed by atoms with Crippen LogP contribution in [0.25, 0.3) is 0 Å². The first kappa shape index (κ1) is 15.9. The maximum Gasteiger partial charge on any atom is 0.149 e. The maximum atomic E-state index is 14.0. The molecule has 0 radical (unpaired) electrons. The molecule has 1 rings (SSSR count). The highest BCUT2D eigenvalue weighted by atomic mass is 19.1. The van der Waals surface area contributed by atoms with Gasteiger partial charge in [-0.1, -0.05) is 20.8 Å². The zero-order valence-corrected chi connectivity index (χ0v) is 12.3. The summed E-state index contributed by atoms with van der Waals surface area (Å²) in [4.78, 5) is 1.62. The smallest absolute Gasteiger partial charge is 0.149 e. The molecule has 0 saturated carbocycles. The summed E-state index contributed by atoms with van der Waals surface area (Å²) in [6, 6.07) is 2.83. The van der Waals surface area contributed by atoms with Crippen molar-refractivity contribution < 1.29 is 8.78 Å². The topological polar surface area (TPSA) is 15.3 Å². The Morgan fingerprint density at radius 2 is 1.79 bits per heavy atom. The standard InChI is InChI=1S/C15H24F2N2/c1-5-6-19(4)15-13(16)7-12(8-14(15)17)10-18-9-11(2)3/h7-8,11,18H,5-6,9-10H2,1-4H3. The molecular formula is C15H24F2N2. The van der Waals surface area contributed by atoms with E-state index in [4.69, 9.17) is 0 Å². The number of halogens is 2. The lowest BCUT2D eigenvalue weighted by molar-refractivity contribution is 0.542. The van der Waals surface area contributed by atoms with Crippen LogP contribution in [0, 0.1) is 17.6 Å². The summed E-state index contributed by atoms with van der Waals surface area (Å²) in [5.41, 5.74) is 0.707. The minimum atomic E-state index is -0.489. The first-order chi connectivity index (χ1) is 8.95. The summed E-state index contributed by atoms with van der Waals surface area (Å²) in [7, 11) is 1.71. The fraction of sp³-hybridized carbons (Fsp3) is 0.600. The van der Waals surface area contributed by atoms with E-state index in [2.05, 4.69) is 19.2 Å². The largest absolute Gasteiger partial charge is 0.370 e. The monoisotopic (exact) mass is 270 g/mol. The van der Waals surface area contributed by atoms with E-state index in [0.717, 1.165) is 13.0 Å². The Morgan fingerprint density at radius 3 is 2.26 bits per heavy atom. The first-order valence-corrected chi connectivity index (χ1v) is 6.85. The van der Waals surface area contributed by atoms with Crippen molar-refractivity contribution in [3.8, 4) is 0 Å². The molecule has 1 aromatic carbocycles. The highest BCUT2D eigenvalue weighted by Gasteiger charge is 2.14. The van der Waals surface area contributed by atoms with Crippen molar-refractivity contribution in [1.29, 1.82) is 0 Å². The van der Waals surface area contributed by atoms with E-state index in [1.54, 1.807) is 11.9 Å². The summed E-state index contributed by atoms with van der Waals surface area (Å²) < 4.78 is 27.9. The molecule has 0 aliphatic carbocycles. The SMILES string of the molecule is CCCN(C)c1c(F)cc(CNCC(C)C)cc1F. The summed E-state index contributed by atoms with van der Waals surface area (Å²) in [5, 5.41) is 3.18. The third-order valence-electron chi connectivity index (χ3n) is 2.90. The lowest BCUT2D eigenvalue weighted by atomic mass is 10.1. The Hall–Kier alpha value is -1.16. The summed E-state index contributed by atoms with van der Waals surface area (Å²) >= 11 is 0. The molecule has 0 spiro atoms. The molecule has 2 nitrogen and oxygen atoms in total. The third kappa shape index (κ3) is 4.78. The molecule has 0 amide bonds. The lowest BCUT2D eigenvalue weighted by Gasteiger charge is -2.20. The Balaban J connectivity index is 2.78. The van der Waals surface area contributed by atoms with Crippen LogP contribution in [-0.2, 0) is 6.54 Å². The molecule has 0 aliphatic rings. The van der Waals surface area contributed by atoms with Crippen molar-refractivity contribution in [2.45, 2.75) is 33.7 Å². The van der Waals surface area contributed by atoms with Crippen LogP contribution >= 0.6 is 0 Å². The van der Waals surface area contributed by atoms with Gasteiger partial charge < -0.3 is 10.2 Å². The molecule has 0 saturated heterocycles. The predicted octanol–water partition coefficient (Wildman–Crippen LogP) is 3.56. The average Bonchev–Trinajstić information content (AvgIpc) is 2.27. The number of benzene rings is 1. The van der Waals surface area contributed by atoms with Gasteiger partial charge in [-0.25, -0.2) is 8.78 Å². The number of nitrogens with zero attached hydrogens (tertiary/aromatic N) is 1. The molecule has 1 N–H and O–H groups in total. The van der Waals surface area contributed by atoms with E-state index in [9.17, 15) is 8.78 Å². The molecule has 0 aromatic heterocycles. The molecule has 1 aromatic rings. The average molecular weight is 270 g/mol. The van der Waals surface area contributed by atoms with E-state index in [-0.39, 0.29) is 5.69 Å². The second kappa shape index (κ2) is 7.43. The van der Waals surface area contributed by atoms with Gasteiger partial charge in [0.2, 0.25) is 0 Å². The molecule has 108 valence electrons. The van der Waals surface area contributed by atoms with Gasteiger partial charge in [0, 0.05) is 20.1 Å². The summed E-state index contributed by atoms with van der Waals surface area (Å²) in [6.45, 7) is 8.13. The molecule has 0 fully saturated rings. The minimum absolute atomic E-state index is 0.0643. The highest BCUT2D eigenvalue weighted by Crippen LogP contribution is 2.24. The van der Waals surface area contributed by atoms with Crippen LogP contribution in [0.3, 0.4) is 0 Å². The summed E-state index contributed by atoms with van der Waals surface area (Å²) in [5.74, 6) is -0.459. The lowest BCUT2D eigenvalue weighted by Crippen LogP contribution is -2.22. The van der Waals surface area contributed by atoms with Crippen LogP contribution in [0.4, 0.5) is 14.5 Å². The molecule has 19 heavy (non-hydrogen) atoms. The number of hydrogen-bond acceptors (Lipinski definition) is 2. The van der Waals surface area contributed by atoms with Gasteiger partial charge in [-0.05, 0) is 36.6 Å². The number of nitrogens with one attached hydrogen (secondary N) is 1. The second-order valence-electron chi connectivity index (χ2n) is 5.35. The van der Waals surface area contributed by atoms with Crippen molar-refractivity contribution in [3.05, 3.63) is 29.3 Å². The van der Waals surface area contributed by atoms with E-state index < -0.39 is 11.6 Å². The van der Waals surface area contributed by atoms with Crippen LogP contribution in [0.15, 0.2) is 12.1 Å². The van der Waals surface area contributed by atoms with Gasteiger partial charge in [-0.15, -0.1) is 0 Å². The van der Waals surface area contributed by atoms with E-state index in [0.29, 0.717) is 24.6 Å². The molecular weight excluding hydrogens is 246 g/mol. The van der Waals surface area contributed by atoms with Gasteiger partial charge in [-0.3, -0.25) is 0 Å². The van der Waals surface area contributed by atoms with Crippen LogP contribution in [0.5, 0.6) is 0 Å². The van der Waals surface area contributed by atoms with Gasteiger partial charge in [0.15, 0.2) is 0 Å². The van der Waals surface area contributed by atoms with E-state index in [1.165, 1.54) is 12.1 Å². The third-order valence-corrected chi connectivity index (χ3v) is 2.90. The summed E-state index contributed by atoms with van der Waals surface area (Å²) in [6.07, 6.45) is 0.854. The Morgan fingerprint density at radius 1 is 1.21 bits per heavy atom. The highest BCUT2D eigenvalue weighted by molar-refractivity contribution is 5.50. The fourth-order valence-electron chi connectivity index (χ4n) is 2.04. The van der Waals surface area contributed by atoms with E-state index in [1.807, 2.05) is 6.92 Å². The minimum Gasteiger partial charge on any atom is -0.370 e. The molecule has 0 heterocycles. The molecule has 0 unspecified atom stereocenters. The normalized spacial score (nSPS) is 11.1. The van der Waals surface area contributed by atoms with Crippen LogP contribution in [0.1, 0.15) is 32.8 Å². The van der Waals surface area contributed by atoms with Crippen molar-refractivity contribution >= 4 is 5.69 Å². The van der Waals surface area contributed by atoms with Crippen molar-refractivity contribution in [2.24, 2.45) is 5.92 Å². The van der Waals surface area contributed by atoms with E-state index >= 15 is 0 Å². The Bertz CT molecular complexity index is 382. The molecule has 0 aliphatic heterocycles. The van der Waals surface area contributed by atoms with Gasteiger partial charge in [-0.2, -0.15) is 0 Å². The molecule has 0 bridgehead atoms. The quantitative estimate of drug-likeness (QED) is 0.815. The zero-order valence-electron chi connectivity index (χ0n) is 12.3. The number of hydrogen-bond donors (Lipinski definition) is 1. The van der Waals surface area contributed by atoms with Crippen LogP contribution in [-0.4, -0.2) is 20.1 Å². The molecule has 4 heteroatoms. The van der Waals surface area contributed by atoms with Crippen molar-refractivity contribution in [1.82, 2.24) is 5.32 Å². The van der Waals surface area contributed by atoms with Gasteiger partial charge >= 0.3 is 0 Å². The number of anilines is 1. The van der Waals surface area contributed by atoms with Gasteiger partial charge in [0.1, 0.15) is 17.3 Å². The van der Waals surface area contributed by atoms with Crippen LogP contribution < -0.4 is 10.2 Å². The van der Waals surface area contributed by atoms with Crippen LogP contribution in [0.2, 0.25) is 0 Å². The van der Waals surface area contributed by atoms with Crippen molar-refractivity contribution in [2.75, 3.05) is 25.0 Å². The first-order valence-electron chi connectivity index (χ1n) is 6.85. The zero-order chi connectivity index (χ0) is 14.4. The predicted molar refractivity (Wildman–Crippen MR) is 76.5 cm³/mol. The maximum absolute atomic E-state index is 14.0. The Labute approximate surface area is 114 Å². The Kier molecular flexibility index (Phi) is 6.22. The second-order valence-corrected chi connectivity index (χ2v) is 5.35. The fourth-order valence-corrected chi connectivity index (χ4v) is 2.04. The number of rotatable bonds is 7.